The molecule has 24 heavy (non-hydrogen) atoms. The van der Waals surface area contributed by atoms with Gasteiger partial charge in [0.1, 0.15) is 18.2 Å². The van der Waals surface area contributed by atoms with E-state index in [-0.39, 0.29) is 34.7 Å². The highest BCUT2D eigenvalue weighted by Gasteiger charge is 2.15. The van der Waals surface area contributed by atoms with Gasteiger partial charge in [-0.3, -0.25) is 4.79 Å². The van der Waals surface area contributed by atoms with Crippen molar-refractivity contribution >= 4 is 27.8 Å². The zero-order valence-corrected chi connectivity index (χ0v) is 14.3. The highest BCUT2D eigenvalue weighted by atomic mass is 79.9. The summed E-state index contributed by atoms with van der Waals surface area (Å²) in [5.74, 6) is 0.0456. The minimum absolute atomic E-state index is 0. The molecule has 2 aromatic carbocycles. The second-order valence-corrected chi connectivity index (χ2v) is 5.03. The summed E-state index contributed by atoms with van der Waals surface area (Å²) >= 11 is 0. The number of aromatic nitrogens is 1. The van der Waals surface area contributed by atoms with Crippen LogP contribution in [0.15, 0.2) is 47.3 Å². The van der Waals surface area contributed by atoms with Gasteiger partial charge in [-0.05, 0) is 42.5 Å². The quantitative estimate of drug-likeness (QED) is 0.634. The van der Waals surface area contributed by atoms with Crippen LogP contribution in [0, 0.1) is 5.82 Å². The maximum absolute atomic E-state index is 13.4. The van der Waals surface area contributed by atoms with Crippen molar-refractivity contribution in [3.05, 3.63) is 58.6 Å². The Morgan fingerprint density at radius 3 is 2.50 bits per heavy atom. The zero-order chi connectivity index (χ0) is 16.4. The van der Waals surface area contributed by atoms with E-state index >= 15 is 0 Å². The summed E-state index contributed by atoms with van der Waals surface area (Å²) in [4.78, 5) is 15.0. The number of hydrogen-bond acceptors (Lipinski definition) is 4. The van der Waals surface area contributed by atoms with Crippen molar-refractivity contribution in [2.45, 2.75) is 0 Å². The fraction of sp³-hybridized carbons (Fsp3) is 0.118. The van der Waals surface area contributed by atoms with Gasteiger partial charge in [-0.2, -0.15) is 0 Å². The number of benzene rings is 2. The molecule has 1 aromatic heterocycles. The van der Waals surface area contributed by atoms with Gasteiger partial charge < -0.3 is 20.6 Å². The van der Waals surface area contributed by atoms with Crippen molar-refractivity contribution in [2.75, 3.05) is 13.2 Å². The van der Waals surface area contributed by atoms with Crippen molar-refractivity contribution in [2.24, 2.45) is 5.73 Å². The van der Waals surface area contributed by atoms with Gasteiger partial charge in [0.05, 0.1) is 11.1 Å². The fourth-order valence-corrected chi connectivity index (χ4v) is 2.42. The molecule has 4 N–H and O–H groups in total. The summed E-state index contributed by atoms with van der Waals surface area (Å²) in [5.41, 5.74) is 6.20. The Morgan fingerprint density at radius 2 is 1.83 bits per heavy atom. The lowest BCUT2D eigenvalue weighted by molar-refractivity contribution is 0.332. The monoisotopic (exact) mass is 394 g/mol. The first-order valence-corrected chi connectivity index (χ1v) is 7.08. The van der Waals surface area contributed by atoms with Crippen molar-refractivity contribution in [1.82, 2.24) is 4.98 Å². The number of fused-ring (bicyclic) bond motifs is 1. The van der Waals surface area contributed by atoms with Gasteiger partial charge in [-0.25, -0.2) is 4.39 Å². The summed E-state index contributed by atoms with van der Waals surface area (Å²) in [7, 11) is 0. The predicted octanol–water partition coefficient (Wildman–Crippen LogP) is 2.96. The molecule has 0 spiro atoms. The van der Waals surface area contributed by atoms with E-state index in [1.165, 1.54) is 30.3 Å². The Morgan fingerprint density at radius 1 is 1.12 bits per heavy atom. The average Bonchev–Trinajstić information content (AvgIpc) is 2.55. The van der Waals surface area contributed by atoms with E-state index in [0.29, 0.717) is 28.9 Å². The number of phenols is 1. The van der Waals surface area contributed by atoms with Crippen molar-refractivity contribution < 1.29 is 14.2 Å². The number of ether oxygens (including phenoxy) is 1. The van der Waals surface area contributed by atoms with Gasteiger partial charge in [0.15, 0.2) is 5.75 Å². The SMILES string of the molecule is Br.NCCOc1c(-c2ccc(O)cc2)[nH]c(=O)c2cc(F)ccc12. The smallest absolute Gasteiger partial charge is 0.256 e. The summed E-state index contributed by atoms with van der Waals surface area (Å²) in [5, 5.41) is 10.1. The maximum Gasteiger partial charge on any atom is 0.256 e. The fourth-order valence-electron chi connectivity index (χ4n) is 2.42. The third-order valence-corrected chi connectivity index (χ3v) is 3.46. The molecule has 0 unspecified atom stereocenters. The van der Waals surface area contributed by atoms with E-state index < -0.39 is 11.4 Å². The minimum atomic E-state index is -0.495. The molecule has 3 rings (SSSR count). The summed E-state index contributed by atoms with van der Waals surface area (Å²) in [6, 6.07) is 10.3. The molecule has 0 bridgehead atoms. The van der Waals surface area contributed by atoms with Gasteiger partial charge >= 0.3 is 0 Å². The molecule has 0 atom stereocenters. The molecule has 0 saturated heterocycles. The topological polar surface area (TPSA) is 88.3 Å². The lowest BCUT2D eigenvalue weighted by atomic mass is 10.1. The van der Waals surface area contributed by atoms with Crippen LogP contribution in [0.5, 0.6) is 11.5 Å². The molecular formula is C17H16BrFN2O3. The first-order chi connectivity index (χ1) is 11.1. The van der Waals surface area contributed by atoms with E-state index in [2.05, 4.69) is 4.98 Å². The number of aromatic amines is 1. The number of nitrogens with two attached hydrogens (primary N) is 1. The summed E-state index contributed by atoms with van der Waals surface area (Å²) in [6.45, 7) is 0.556. The van der Waals surface area contributed by atoms with Crippen molar-refractivity contribution in [1.29, 1.82) is 0 Å². The summed E-state index contributed by atoms with van der Waals surface area (Å²) in [6.07, 6.45) is 0. The molecule has 1 heterocycles. The summed E-state index contributed by atoms with van der Waals surface area (Å²) < 4.78 is 19.1. The van der Waals surface area contributed by atoms with Crippen LogP contribution >= 0.6 is 17.0 Å². The molecule has 126 valence electrons. The van der Waals surface area contributed by atoms with Crippen molar-refractivity contribution in [3.8, 4) is 22.8 Å². The lowest BCUT2D eigenvalue weighted by Gasteiger charge is -2.14. The molecule has 5 nitrogen and oxygen atoms in total. The lowest BCUT2D eigenvalue weighted by Crippen LogP contribution is -2.15. The second-order valence-electron chi connectivity index (χ2n) is 5.03. The number of nitrogens with one attached hydrogen (secondary N) is 1. The third-order valence-electron chi connectivity index (χ3n) is 3.46. The first kappa shape index (κ1) is 18.0. The van der Waals surface area contributed by atoms with Crippen LogP contribution in [0.1, 0.15) is 0 Å². The van der Waals surface area contributed by atoms with E-state index in [1.54, 1.807) is 12.1 Å². The van der Waals surface area contributed by atoms with Crippen LogP contribution in [0.2, 0.25) is 0 Å². The second kappa shape index (κ2) is 7.46. The Hall–Kier alpha value is -2.38. The van der Waals surface area contributed by atoms with E-state index in [9.17, 15) is 14.3 Å². The van der Waals surface area contributed by atoms with Crippen LogP contribution in [0.25, 0.3) is 22.0 Å². The Bertz CT molecular complexity index is 910. The standard InChI is InChI=1S/C17H15FN2O3.BrH/c18-11-3-6-13-14(9-11)17(22)20-15(16(13)23-8-7-19)10-1-4-12(21)5-2-10;/h1-6,9,21H,7-8,19H2,(H,20,22);1H. The minimum Gasteiger partial charge on any atom is -0.508 e. The number of halogens is 2. The molecule has 7 heteroatoms. The molecule has 0 aliphatic heterocycles. The third kappa shape index (κ3) is 3.42. The van der Waals surface area contributed by atoms with E-state index in [1.807, 2.05) is 0 Å². The van der Waals surface area contributed by atoms with Crippen LogP contribution in [0.4, 0.5) is 4.39 Å². The van der Waals surface area contributed by atoms with Gasteiger partial charge in [0.25, 0.3) is 5.56 Å². The first-order valence-electron chi connectivity index (χ1n) is 7.08. The molecular weight excluding hydrogens is 379 g/mol. The molecule has 3 aromatic rings. The van der Waals surface area contributed by atoms with Gasteiger partial charge in [0, 0.05) is 17.5 Å². The van der Waals surface area contributed by atoms with Gasteiger partial charge in [0.2, 0.25) is 0 Å². The van der Waals surface area contributed by atoms with Crippen LogP contribution in [-0.4, -0.2) is 23.2 Å². The van der Waals surface area contributed by atoms with Crippen LogP contribution in [-0.2, 0) is 0 Å². The zero-order valence-electron chi connectivity index (χ0n) is 12.6. The molecule has 0 saturated carbocycles. The molecule has 0 radical (unpaired) electrons. The highest BCUT2D eigenvalue weighted by Crippen LogP contribution is 2.34. The number of rotatable bonds is 4. The predicted molar refractivity (Wildman–Crippen MR) is 96.5 cm³/mol. The highest BCUT2D eigenvalue weighted by molar-refractivity contribution is 8.93. The van der Waals surface area contributed by atoms with Gasteiger partial charge in [-0.15, -0.1) is 17.0 Å². The number of phenolic OH excluding ortho intramolecular Hbond substituents is 1. The maximum atomic E-state index is 13.4. The largest absolute Gasteiger partial charge is 0.508 e. The Kier molecular flexibility index (Phi) is 5.58. The Labute approximate surface area is 147 Å². The Balaban J connectivity index is 0.00000208. The van der Waals surface area contributed by atoms with Crippen LogP contribution in [0.3, 0.4) is 0 Å². The molecule has 0 fully saturated rings. The van der Waals surface area contributed by atoms with Gasteiger partial charge in [-0.1, -0.05) is 0 Å². The van der Waals surface area contributed by atoms with Crippen LogP contribution < -0.4 is 16.0 Å². The normalized spacial score (nSPS) is 10.4. The van der Waals surface area contributed by atoms with E-state index in [0.717, 1.165) is 0 Å². The molecule has 0 aliphatic carbocycles. The van der Waals surface area contributed by atoms with Crippen molar-refractivity contribution in [3.63, 3.8) is 0 Å². The van der Waals surface area contributed by atoms with E-state index in [4.69, 9.17) is 10.5 Å². The molecule has 0 amide bonds. The number of aromatic hydroxyl groups is 1. The average molecular weight is 395 g/mol. The number of pyridine rings is 1. The number of H-pyrrole nitrogens is 1. The molecule has 0 aliphatic rings. The number of hydrogen-bond donors (Lipinski definition) is 3.